The highest BCUT2D eigenvalue weighted by atomic mass is 32.2. The number of nitrogens with zero attached hydrogens (tertiary/aromatic N) is 2. The summed E-state index contributed by atoms with van der Waals surface area (Å²) < 4.78 is 5.22. The minimum absolute atomic E-state index is 0.208. The van der Waals surface area contributed by atoms with Crippen molar-refractivity contribution in [2.75, 3.05) is 19.4 Å². The minimum atomic E-state index is 0.208. The van der Waals surface area contributed by atoms with Gasteiger partial charge in [0.1, 0.15) is 5.75 Å². The molecule has 2 aromatic rings. The highest BCUT2D eigenvalue weighted by Crippen LogP contribution is 2.33. The third-order valence-electron chi connectivity index (χ3n) is 4.51. The molecule has 0 saturated carbocycles. The molecule has 25 heavy (non-hydrogen) atoms. The molecule has 1 aliphatic rings. The third-order valence-corrected chi connectivity index (χ3v) is 5.50. The first-order valence-corrected chi connectivity index (χ1v) is 9.84. The third kappa shape index (κ3) is 4.75. The molecule has 1 aliphatic heterocycles. The van der Waals surface area contributed by atoms with Crippen molar-refractivity contribution >= 4 is 17.7 Å². The highest BCUT2D eigenvalue weighted by molar-refractivity contribution is 7.98. The summed E-state index contributed by atoms with van der Waals surface area (Å²) >= 11 is 1.77. The summed E-state index contributed by atoms with van der Waals surface area (Å²) in [7, 11) is 1.67. The quantitative estimate of drug-likeness (QED) is 0.701. The lowest BCUT2D eigenvalue weighted by Gasteiger charge is -2.25. The lowest BCUT2D eigenvalue weighted by molar-refractivity contribution is -0.131. The molecule has 0 spiro atoms. The Balaban J connectivity index is 1.50. The van der Waals surface area contributed by atoms with Crippen LogP contribution in [0.5, 0.6) is 5.75 Å². The standard InChI is InChI=1S/C20H24N2O2S/c1-24-18-9-7-16(8-10-18)19-6-4-13-22(19)20(23)11-14-25-15-17-5-2-3-12-21-17/h2-3,5,7-10,12,19H,4,6,11,13-15H2,1H3/t19-/m0/s1. The van der Waals surface area contributed by atoms with Gasteiger partial charge in [0.15, 0.2) is 0 Å². The van der Waals surface area contributed by atoms with Crippen molar-refractivity contribution in [3.05, 3.63) is 59.9 Å². The Bertz CT molecular complexity index is 676. The number of methoxy groups -OCH3 is 1. The maximum absolute atomic E-state index is 12.6. The molecule has 3 rings (SSSR count). The van der Waals surface area contributed by atoms with Gasteiger partial charge >= 0.3 is 0 Å². The Labute approximate surface area is 153 Å². The van der Waals surface area contributed by atoms with E-state index in [1.54, 1.807) is 18.9 Å². The van der Waals surface area contributed by atoms with Crippen molar-refractivity contribution in [3.63, 3.8) is 0 Å². The Hall–Kier alpha value is -2.01. The molecule has 0 radical (unpaired) electrons. The van der Waals surface area contributed by atoms with Gasteiger partial charge in [0.25, 0.3) is 0 Å². The number of benzene rings is 1. The fraction of sp³-hybridized carbons (Fsp3) is 0.400. The maximum atomic E-state index is 12.6. The fourth-order valence-electron chi connectivity index (χ4n) is 3.20. The molecule has 1 aromatic carbocycles. The van der Waals surface area contributed by atoms with Crippen molar-refractivity contribution in [2.24, 2.45) is 0 Å². The monoisotopic (exact) mass is 356 g/mol. The van der Waals surface area contributed by atoms with Gasteiger partial charge in [0, 0.05) is 30.7 Å². The topological polar surface area (TPSA) is 42.4 Å². The molecular formula is C20H24N2O2S. The number of thioether (sulfide) groups is 1. The number of likely N-dealkylation sites (tertiary alicyclic amines) is 1. The molecule has 0 unspecified atom stereocenters. The molecule has 0 aliphatic carbocycles. The number of hydrogen-bond acceptors (Lipinski definition) is 4. The predicted molar refractivity (Wildman–Crippen MR) is 102 cm³/mol. The van der Waals surface area contributed by atoms with E-state index in [1.165, 1.54) is 5.56 Å². The van der Waals surface area contributed by atoms with Crippen LogP contribution < -0.4 is 4.74 Å². The molecule has 1 aromatic heterocycles. The van der Waals surface area contributed by atoms with Gasteiger partial charge in [-0.15, -0.1) is 0 Å². The fourth-order valence-corrected chi connectivity index (χ4v) is 4.04. The molecule has 0 N–H and O–H groups in total. The molecule has 1 atom stereocenters. The van der Waals surface area contributed by atoms with Gasteiger partial charge in [-0.05, 0) is 42.7 Å². The SMILES string of the molecule is COc1ccc([C@@H]2CCCN2C(=O)CCSCc2ccccn2)cc1. The van der Waals surface area contributed by atoms with E-state index in [9.17, 15) is 4.79 Å². The van der Waals surface area contributed by atoms with Gasteiger partial charge in [0.2, 0.25) is 5.91 Å². The number of pyridine rings is 1. The van der Waals surface area contributed by atoms with E-state index in [-0.39, 0.29) is 11.9 Å². The Kier molecular flexibility index (Phi) is 6.34. The molecule has 4 nitrogen and oxygen atoms in total. The molecule has 132 valence electrons. The number of amides is 1. The lowest BCUT2D eigenvalue weighted by atomic mass is 10.0. The summed E-state index contributed by atoms with van der Waals surface area (Å²) in [5.74, 6) is 2.80. The van der Waals surface area contributed by atoms with E-state index in [4.69, 9.17) is 4.74 Å². The van der Waals surface area contributed by atoms with Crippen molar-refractivity contribution in [3.8, 4) is 5.75 Å². The zero-order valence-electron chi connectivity index (χ0n) is 14.6. The largest absolute Gasteiger partial charge is 0.497 e. The molecular weight excluding hydrogens is 332 g/mol. The van der Waals surface area contributed by atoms with Crippen LogP contribution in [0.15, 0.2) is 48.7 Å². The number of hydrogen-bond donors (Lipinski definition) is 0. The smallest absolute Gasteiger partial charge is 0.223 e. The van der Waals surface area contributed by atoms with Crippen LogP contribution in [-0.4, -0.2) is 35.2 Å². The summed E-state index contributed by atoms with van der Waals surface area (Å²) in [6.07, 6.45) is 4.51. The lowest BCUT2D eigenvalue weighted by Crippen LogP contribution is -2.30. The van der Waals surface area contributed by atoms with E-state index in [0.29, 0.717) is 6.42 Å². The van der Waals surface area contributed by atoms with E-state index in [1.807, 2.05) is 41.4 Å². The summed E-state index contributed by atoms with van der Waals surface area (Å²) in [5, 5.41) is 0. The highest BCUT2D eigenvalue weighted by Gasteiger charge is 2.29. The normalized spacial score (nSPS) is 16.8. The van der Waals surface area contributed by atoms with Crippen LogP contribution in [0.4, 0.5) is 0 Å². The first-order chi connectivity index (χ1) is 12.3. The molecule has 1 saturated heterocycles. The maximum Gasteiger partial charge on any atom is 0.223 e. The van der Waals surface area contributed by atoms with Crippen LogP contribution in [0.1, 0.15) is 36.6 Å². The summed E-state index contributed by atoms with van der Waals surface area (Å²) in [5.41, 5.74) is 2.27. The van der Waals surface area contributed by atoms with E-state index >= 15 is 0 Å². The first-order valence-electron chi connectivity index (χ1n) is 8.69. The Morgan fingerprint density at radius 2 is 2.12 bits per heavy atom. The van der Waals surface area contributed by atoms with Crippen molar-refractivity contribution < 1.29 is 9.53 Å². The second kappa shape index (κ2) is 8.90. The van der Waals surface area contributed by atoms with E-state index in [2.05, 4.69) is 17.1 Å². The van der Waals surface area contributed by atoms with Crippen LogP contribution >= 0.6 is 11.8 Å². The molecule has 5 heteroatoms. The summed E-state index contributed by atoms with van der Waals surface area (Å²) in [6, 6.07) is 14.2. The predicted octanol–water partition coefficient (Wildman–Crippen LogP) is 4.08. The number of carbonyl (C=O) groups excluding carboxylic acids is 1. The minimum Gasteiger partial charge on any atom is -0.497 e. The molecule has 1 fully saturated rings. The van der Waals surface area contributed by atoms with E-state index in [0.717, 1.165) is 42.3 Å². The van der Waals surface area contributed by atoms with Gasteiger partial charge in [-0.3, -0.25) is 9.78 Å². The average molecular weight is 356 g/mol. The first kappa shape index (κ1) is 17.8. The van der Waals surface area contributed by atoms with Crippen LogP contribution in [0, 0.1) is 0 Å². The zero-order chi connectivity index (χ0) is 17.5. The van der Waals surface area contributed by atoms with Crippen LogP contribution in [0.3, 0.4) is 0 Å². The summed E-state index contributed by atoms with van der Waals surface area (Å²) in [4.78, 5) is 19.0. The number of carbonyl (C=O) groups is 1. The van der Waals surface area contributed by atoms with Crippen LogP contribution in [0.25, 0.3) is 0 Å². The molecule has 1 amide bonds. The van der Waals surface area contributed by atoms with Crippen molar-refractivity contribution in [1.29, 1.82) is 0 Å². The number of aromatic nitrogens is 1. The molecule has 0 bridgehead atoms. The molecule has 2 heterocycles. The number of rotatable bonds is 7. The average Bonchev–Trinajstić information content (AvgIpc) is 3.16. The van der Waals surface area contributed by atoms with Crippen LogP contribution in [0.2, 0.25) is 0 Å². The Morgan fingerprint density at radius 3 is 2.84 bits per heavy atom. The Morgan fingerprint density at radius 1 is 1.28 bits per heavy atom. The second-order valence-corrected chi connectivity index (χ2v) is 7.25. The van der Waals surface area contributed by atoms with Gasteiger partial charge in [-0.25, -0.2) is 0 Å². The van der Waals surface area contributed by atoms with Gasteiger partial charge < -0.3 is 9.64 Å². The van der Waals surface area contributed by atoms with Gasteiger partial charge in [-0.2, -0.15) is 11.8 Å². The van der Waals surface area contributed by atoms with Crippen LogP contribution in [-0.2, 0) is 10.5 Å². The zero-order valence-corrected chi connectivity index (χ0v) is 15.4. The number of ether oxygens (including phenoxy) is 1. The van der Waals surface area contributed by atoms with Gasteiger partial charge in [0.05, 0.1) is 18.8 Å². The second-order valence-electron chi connectivity index (χ2n) is 6.14. The van der Waals surface area contributed by atoms with Crippen molar-refractivity contribution in [2.45, 2.75) is 31.1 Å². The van der Waals surface area contributed by atoms with E-state index < -0.39 is 0 Å². The van der Waals surface area contributed by atoms with Crippen molar-refractivity contribution in [1.82, 2.24) is 9.88 Å². The summed E-state index contributed by atoms with van der Waals surface area (Å²) in [6.45, 7) is 0.862. The van der Waals surface area contributed by atoms with Gasteiger partial charge in [-0.1, -0.05) is 18.2 Å².